The first-order valence-electron chi connectivity index (χ1n) is 6.67. The van der Waals surface area contributed by atoms with Gasteiger partial charge >= 0.3 is 47.6 Å². The fourth-order valence-corrected chi connectivity index (χ4v) is 2.20. The van der Waals surface area contributed by atoms with Crippen LogP contribution in [0.25, 0.3) is 0 Å². The monoisotopic (exact) mass is 494 g/mol. The lowest BCUT2D eigenvalue weighted by molar-refractivity contribution is -0.461. The molecular formula is C11H8F17P. The van der Waals surface area contributed by atoms with Gasteiger partial charge in [0.05, 0.1) is 0 Å². The third-order valence-corrected chi connectivity index (χ3v) is 4.23. The Labute approximate surface area is 151 Å². The van der Waals surface area contributed by atoms with Crippen LogP contribution in [0.5, 0.6) is 0 Å². The summed E-state index contributed by atoms with van der Waals surface area (Å²) in [6.45, 7) is 1.02. The Balaban J connectivity index is 6.57. The third kappa shape index (κ3) is 3.84. The first-order valence-corrected chi connectivity index (χ1v) is 8.38. The highest BCUT2D eigenvalue weighted by molar-refractivity contribution is 7.36. The van der Waals surface area contributed by atoms with Gasteiger partial charge < -0.3 is 0 Å². The number of hydrogen-bond donors (Lipinski definition) is 0. The molecule has 29 heavy (non-hydrogen) atoms. The first kappa shape index (κ1) is 28.2. The van der Waals surface area contributed by atoms with E-state index in [1.807, 2.05) is 0 Å². The number of halogens is 17. The van der Waals surface area contributed by atoms with Crippen molar-refractivity contribution in [1.29, 1.82) is 0 Å². The molecule has 18 heteroatoms. The van der Waals surface area contributed by atoms with Crippen molar-refractivity contribution in [3.63, 3.8) is 0 Å². The first-order chi connectivity index (χ1) is 12.3. The molecule has 176 valence electrons. The lowest BCUT2D eigenvalue weighted by Gasteiger charge is -2.42. The van der Waals surface area contributed by atoms with Gasteiger partial charge in [-0.05, 0) is 12.8 Å². The van der Waals surface area contributed by atoms with E-state index >= 15 is 0 Å². The Morgan fingerprint density at radius 2 is 0.724 bits per heavy atom. The summed E-state index contributed by atoms with van der Waals surface area (Å²) < 4.78 is 219. The highest BCUT2D eigenvalue weighted by Gasteiger charge is 2.95. The fraction of sp³-hybridized carbons (Fsp3) is 1.00. The molecule has 1 unspecified atom stereocenters. The van der Waals surface area contributed by atoms with Crippen LogP contribution in [0.4, 0.5) is 74.6 Å². The van der Waals surface area contributed by atoms with E-state index in [2.05, 4.69) is 0 Å². The quantitative estimate of drug-likeness (QED) is 0.248. The van der Waals surface area contributed by atoms with E-state index < -0.39 is 68.8 Å². The summed E-state index contributed by atoms with van der Waals surface area (Å²) in [5.74, 6) is -55.6. The summed E-state index contributed by atoms with van der Waals surface area (Å²) in [5, 5.41) is 0. The second kappa shape index (κ2) is 7.43. The molecule has 0 spiro atoms. The van der Waals surface area contributed by atoms with E-state index in [-0.39, 0.29) is 0 Å². The minimum Gasteiger partial charge on any atom is -0.200 e. The molecule has 0 aromatic rings. The molecule has 0 fully saturated rings. The third-order valence-electron chi connectivity index (χ3n) is 3.48. The Hall–Kier alpha value is -0.760. The van der Waals surface area contributed by atoms with Crippen LogP contribution in [0.3, 0.4) is 0 Å². The van der Waals surface area contributed by atoms with E-state index in [0.717, 1.165) is 6.66 Å². The number of rotatable bonds is 9. The zero-order valence-corrected chi connectivity index (χ0v) is 14.3. The molecule has 0 aromatic heterocycles. The average molecular weight is 494 g/mol. The summed E-state index contributed by atoms with van der Waals surface area (Å²) >= 11 is 0. The smallest absolute Gasteiger partial charge is 0.200 e. The Morgan fingerprint density at radius 1 is 0.448 bits per heavy atom. The Bertz CT molecular complexity index is 574. The van der Waals surface area contributed by atoms with Gasteiger partial charge in [-0.2, -0.15) is 74.6 Å². The normalized spacial score (nSPS) is 16.8. The minimum absolute atomic E-state index is 0.692. The molecule has 0 heterocycles. The minimum atomic E-state index is -8.56. The molecule has 0 aliphatic rings. The molecule has 0 aliphatic heterocycles. The van der Waals surface area contributed by atoms with Gasteiger partial charge in [0.2, 0.25) is 0 Å². The molecule has 1 atom stereocenters. The van der Waals surface area contributed by atoms with Gasteiger partial charge in [-0.1, -0.05) is 0 Å². The maximum atomic E-state index is 13.3. The van der Waals surface area contributed by atoms with Crippen LogP contribution in [0.15, 0.2) is 0 Å². The molecule has 0 bridgehead atoms. The maximum absolute atomic E-state index is 13.3. The van der Waals surface area contributed by atoms with Crippen LogP contribution in [0, 0.1) is 0 Å². The molecular weight excluding hydrogens is 486 g/mol. The molecule has 0 nitrogen and oxygen atoms in total. The topological polar surface area (TPSA) is 0 Å². The van der Waals surface area contributed by atoms with Crippen molar-refractivity contribution in [2.45, 2.75) is 54.1 Å². The molecule has 0 aromatic carbocycles. The van der Waals surface area contributed by atoms with Gasteiger partial charge in [0.1, 0.15) is 0 Å². The Morgan fingerprint density at radius 3 is 1.00 bits per heavy atom. The summed E-state index contributed by atoms with van der Waals surface area (Å²) in [6, 6.07) is 0. The fourth-order valence-electron chi connectivity index (χ4n) is 1.64. The van der Waals surface area contributed by atoms with E-state index in [4.69, 9.17) is 0 Å². The van der Waals surface area contributed by atoms with Crippen molar-refractivity contribution in [3.05, 3.63) is 0 Å². The SMILES string of the molecule is CPCCC(F)(F)C(F)(F)C(F)(F)C(F)(F)C(F)(F)C(F)(F)C(F)(F)C(F)(F)F. The van der Waals surface area contributed by atoms with E-state index in [9.17, 15) is 74.6 Å². The predicted octanol–water partition coefficient (Wildman–Crippen LogP) is 6.69. The molecule has 0 aliphatic carbocycles. The van der Waals surface area contributed by atoms with Crippen LogP contribution in [-0.4, -0.2) is 60.5 Å². The van der Waals surface area contributed by atoms with Crippen molar-refractivity contribution >= 4 is 8.58 Å². The van der Waals surface area contributed by atoms with Crippen molar-refractivity contribution in [2.75, 3.05) is 12.8 Å². The highest BCUT2D eigenvalue weighted by atomic mass is 31.1. The van der Waals surface area contributed by atoms with Crippen molar-refractivity contribution in [3.8, 4) is 0 Å². The summed E-state index contributed by atoms with van der Waals surface area (Å²) in [6.07, 6.45) is -11.1. The molecule has 0 N–H and O–H groups in total. The van der Waals surface area contributed by atoms with Crippen LogP contribution < -0.4 is 0 Å². The lowest BCUT2D eigenvalue weighted by Crippen LogP contribution is -2.74. The van der Waals surface area contributed by atoms with Crippen LogP contribution in [-0.2, 0) is 0 Å². The molecule has 0 rings (SSSR count). The van der Waals surface area contributed by atoms with Gasteiger partial charge in [-0.3, -0.25) is 0 Å². The second-order valence-electron chi connectivity index (χ2n) is 5.50. The van der Waals surface area contributed by atoms with Crippen molar-refractivity contribution in [2.24, 2.45) is 0 Å². The molecule has 0 saturated heterocycles. The number of hydrogen-bond acceptors (Lipinski definition) is 0. The van der Waals surface area contributed by atoms with Gasteiger partial charge in [-0.25, -0.2) is 0 Å². The Kier molecular flexibility index (Phi) is 7.24. The largest absolute Gasteiger partial charge is 0.460 e. The zero-order valence-electron chi connectivity index (χ0n) is 13.3. The predicted molar refractivity (Wildman–Crippen MR) is 64.4 cm³/mol. The van der Waals surface area contributed by atoms with Gasteiger partial charge in [0, 0.05) is 6.42 Å². The van der Waals surface area contributed by atoms with E-state index in [1.165, 1.54) is 0 Å². The highest BCUT2D eigenvalue weighted by Crippen LogP contribution is 2.64. The van der Waals surface area contributed by atoms with Crippen molar-refractivity contribution in [1.82, 2.24) is 0 Å². The van der Waals surface area contributed by atoms with Crippen LogP contribution >= 0.6 is 8.58 Å². The average Bonchev–Trinajstić information content (AvgIpc) is 2.50. The van der Waals surface area contributed by atoms with Crippen molar-refractivity contribution < 1.29 is 74.6 Å². The summed E-state index contributed by atoms with van der Waals surface area (Å²) in [7, 11) is -0.692. The van der Waals surface area contributed by atoms with E-state index in [0.29, 0.717) is 0 Å². The molecule has 0 saturated carbocycles. The lowest BCUT2D eigenvalue weighted by atomic mass is 9.88. The zero-order chi connectivity index (χ0) is 24.1. The number of alkyl halides is 17. The van der Waals surface area contributed by atoms with Gasteiger partial charge in [0.25, 0.3) is 0 Å². The van der Waals surface area contributed by atoms with E-state index in [1.54, 1.807) is 0 Å². The molecule has 0 amide bonds. The maximum Gasteiger partial charge on any atom is 0.460 e. The summed E-state index contributed by atoms with van der Waals surface area (Å²) in [4.78, 5) is 0. The van der Waals surface area contributed by atoms with Gasteiger partial charge in [0.15, 0.2) is 0 Å². The van der Waals surface area contributed by atoms with Crippen LogP contribution in [0.1, 0.15) is 6.42 Å². The van der Waals surface area contributed by atoms with Gasteiger partial charge in [-0.15, -0.1) is 8.58 Å². The molecule has 0 radical (unpaired) electrons. The second-order valence-corrected chi connectivity index (χ2v) is 6.71. The standard InChI is InChI=1S/C11H8F17P/c1-29-3-2-4(12,13)5(14,15)6(16,17)7(18,19)8(20,21)9(22,23)10(24,25)11(26,27)28/h29H,2-3H2,1H3. The summed E-state index contributed by atoms with van der Waals surface area (Å²) in [5.41, 5.74) is 0. The van der Waals surface area contributed by atoms with Crippen LogP contribution in [0.2, 0.25) is 0 Å².